The maximum absolute atomic E-state index is 12.1. The van der Waals surface area contributed by atoms with Gasteiger partial charge in [-0.2, -0.15) is 5.26 Å². The largest absolute Gasteiger partial charge is 0.449 e. The number of nitrogens with one attached hydrogen (secondary N) is 2. The smallest absolute Gasteiger partial charge is 0.338 e. The lowest BCUT2D eigenvalue weighted by Crippen LogP contribution is -2.30. The van der Waals surface area contributed by atoms with Gasteiger partial charge in [0.15, 0.2) is 6.10 Å². The van der Waals surface area contributed by atoms with Crippen molar-refractivity contribution in [1.82, 2.24) is 4.98 Å². The molecule has 2 aromatic rings. The number of carbonyl (C=O) groups is 3. The summed E-state index contributed by atoms with van der Waals surface area (Å²) in [5.74, 6) is -1.41. The first-order valence-electron chi connectivity index (χ1n) is 7.79. The molecule has 0 aliphatic rings. The first-order chi connectivity index (χ1) is 12.9. The molecule has 0 spiro atoms. The molecule has 0 bridgehead atoms. The molecule has 0 aliphatic heterocycles. The lowest BCUT2D eigenvalue weighted by molar-refractivity contribution is -0.123. The highest BCUT2D eigenvalue weighted by atomic mass is 35.5. The second kappa shape index (κ2) is 9.31. The molecule has 9 heteroatoms. The normalized spacial score (nSPS) is 11.0. The average molecular weight is 387 g/mol. The molecular formula is C18H15ClN4O4. The molecule has 0 saturated carbocycles. The number of pyridine rings is 1. The van der Waals surface area contributed by atoms with Gasteiger partial charge in [-0.15, -0.1) is 0 Å². The maximum Gasteiger partial charge on any atom is 0.338 e. The molecule has 138 valence electrons. The minimum atomic E-state index is -1.05. The van der Waals surface area contributed by atoms with Crippen molar-refractivity contribution in [3.8, 4) is 6.07 Å². The van der Waals surface area contributed by atoms with Crippen LogP contribution in [0.1, 0.15) is 23.7 Å². The van der Waals surface area contributed by atoms with Gasteiger partial charge in [0.25, 0.3) is 5.91 Å². The van der Waals surface area contributed by atoms with Gasteiger partial charge in [0.1, 0.15) is 12.2 Å². The Labute approximate surface area is 160 Å². The molecule has 1 atom stereocenters. The average Bonchev–Trinajstić information content (AvgIpc) is 2.64. The third kappa shape index (κ3) is 6.09. The van der Waals surface area contributed by atoms with E-state index in [9.17, 15) is 14.4 Å². The van der Waals surface area contributed by atoms with Gasteiger partial charge in [-0.1, -0.05) is 11.6 Å². The Balaban J connectivity index is 1.91. The van der Waals surface area contributed by atoms with Gasteiger partial charge in [-0.3, -0.25) is 9.59 Å². The van der Waals surface area contributed by atoms with Gasteiger partial charge in [-0.25, -0.2) is 9.78 Å². The first-order valence-corrected chi connectivity index (χ1v) is 8.17. The van der Waals surface area contributed by atoms with Crippen LogP contribution in [0.2, 0.25) is 5.02 Å². The zero-order valence-electron chi connectivity index (χ0n) is 14.2. The summed E-state index contributed by atoms with van der Waals surface area (Å²) in [6.45, 7) is 1.43. The van der Waals surface area contributed by atoms with E-state index in [-0.39, 0.29) is 17.8 Å². The molecule has 8 nitrogen and oxygen atoms in total. The van der Waals surface area contributed by atoms with Crippen LogP contribution in [0.15, 0.2) is 42.6 Å². The van der Waals surface area contributed by atoms with Crippen LogP contribution in [-0.2, 0) is 14.3 Å². The molecule has 0 fully saturated rings. The van der Waals surface area contributed by atoms with E-state index in [4.69, 9.17) is 21.6 Å². The predicted molar refractivity (Wildman–Crippen MR) is 98.1 cm³/mol. The molecule has 0 radical (unpaired) electrons. The number of ether oxygens (including phenoxy) is 1. The first kappa shape index (κ1) is 19.9. The van der Waals surface area contributed by atoms with Crippen LogP contribution in [-0.4, -0.2) is 28.9 Å². The van der Waals surface area contributed by atoms with Crippen molar-refractivity contribution in [2.45, 2.75) is 19.4 Å². The number of benzene rings is 1. The van der Waals surface area contributed by atoms with Crippen LogP contribution in [0, 0.1) is 11.3 Å². The number of anilines is 2. The summed E-state index contributed by atoms with van der Waals surface area (Å²) in [4.78, 5) is 39.5. The van der Waals surface area contributed by atoms with Crippen LogP contribution in [0.25, 0.3) is 0 Å². The van der Waals surface area contributed by atoms with Gasteiger partial charge in [0, 0.05) is 11.9 Å². The number of carbonyl (C=O) groups excluding carboxylic acids is 3. The molecule has 1 aromatic heterocycles. The summed E-state index contributed by atoms with van der Waals surface area (Å²) >= 11 is 5.72. The minimum Gasteiger partial charge on any atom is -0.449 e. The molecule has 0 unspecified atom stereocenters. The molecule has 27 heavy (non-hydrogen) atoms. The number of esters is 1. The number of nitrogens with zero attached hydrogens (tertiary/aromatic N) is 2. The standard InChI is InChI=1S/C18H15ClN4O4/c1-11(17(25)23-15-7-4-13(19)10-21-15)27-18(26)12-2-5-14(6-3-12)22-16(24)8-9-20/h2-7,10-11H,8H2,1H3,(H,22,24)(H,21,23,25)/t11-/m0/s1. The van der Waals surface area contributed by atoms with Crippen molar-refractivity contribution >= 4 is 40.9 Å². The molecule has 0 saturated heterocycles. The maximum atomic E-state index is 12.1. The zero-order valence-corrected chi connectivity index (χ0v) is 15.0. The Kier molecular flexibility index (Phi) is 6.86. The van der Waals surface area contributed by atoms with Crippen molar-refractivity contribution in [2.75, 3.05) is 10.6 Å². The number of aromatic nitrogens is 1. The number of nitriles is 1. The fourth-order valence-corrected chi connectivity index (χ4v) is 2.04. The van der Waals surface area contributed by atoms with Crippen molar-refractivity contribution in [3.63, 3.8) is 0 Å². The topological polar surface area (TPSA) is 121 Å². The SMILES string of the molecule is C[C@H](OC(=O)c1ccc(NC(=O)CC#N)cc1)C(=O)Nc1ccc(Cl)cn1. The summed E-state index contributed by atoms with van der Waals surface area (Å²) in [7, 11) is 0. The summed E-state index contributed by atoms with van der Waals surface area (Å²) in [5, 5.41) is 13.9. The van der Waals surface area contributed by atoms with Crippen LogP contribution in [0.4, 0.5) is 11.5 Å². The van der Waals surface area contributed by atoms with Crippen LogP contribution < -0.4 is 10.6 Å². The predicted octanol–water partition coefficient (Wildman–Crippen LogP) is 2.77. The Morgan fingerprint density at radius 3 is 2.48 bits per heavy atom. The number of rotatable bonds is 6. The quantitative estimate of drug-likeness (QED) is 0.736. The summed E-state index contributed by atoms with van der Waals surface area (Å²) in [5.41, 5.74) is 0.643. The van der Waals surface area contributed by atoms with Crippen LogP contribution in [0.3, 0.4) is 0 Å². The van der Waals surface area contributed by atoms with Crippen molar-refractivity contribution < 1.29 is 19.1 Å². The van der Waals surface area contributed by atoms with E-state index in [2.05, 4.69) is 15.6 Å². The van der Waals surface area contributed by atoms with E-state index >= 15 is 0 Å². The van der Waals surface area contributed by atoms with Gasteiger partial charge in [-0.05, 0) is 43.3 Å². The van der Waals surface area contributed by atoms with E-state index in [0.717, 1.165) is 0 Å². The van der Waals surface area contributed by atoms with Crippen LogP contribution >= 0.6 is 11.6 Å². The number of amides is 2. The fraction of sp³-hybridized carbons (Fsp3) is 0.167. The van der Waals surface area contributed by atoms with Gasteiger partial charge in [0.2, 0.25) is 5.91 Å². The third-order valence-corrected chi connectivity index (χ3v) is 3.50. The number of halogens is 1. The highest BCUT2D eigenvalue weighted by molar-refractivity contribution is 6.30. The Morgan fingerprint density at radius 1 is 1.19 bits per heavy atom. The molecule has 2 amide bonds. The third-order valence-electron chi connectivity index (χ3n) is 3.28. The Hall–Kier alpha value is -3.44. The second-order valence-corrected chi connectivity index (χ2v) is 5.80. The minimum absolute atomic E-state index is 0.206. The van der Waals surface area contributed by atoms with E-state index in [0.29, 0.717) is 10.7 Å². The fourth-order valence-electron chi connectivity index (χ4n) is 1.93. The highest BCUT2D eigenvalue weighted by Gasteiger charge is 2.19. The van der Waals surface area contributed by atoms with Gasteiger partial charge >= 0.3 is 5.97 Å². The zero-order chi connectivity index (χ0) is 19.8. The van der Waals surface area contributed by atoms with Crippen LogP contribution in [0.5, 0.6) is 0 Å². The molecule has 0 aliphatic carbocycles. The molecule has 2 N–H and O–H groups in total. The Bertz CT molecular complexity index is 876. The monoisotopic (exact) mass is 386 g/mol. The van der Waals surface area contributed by atoms with E-state index in [1.165, 1.54) is 43.5 Å². The molecule has 1 heterocycles. The lowest BCUT2D eigenvalue weighted by atomic mass is 10.2. The highest BCUT2D eigenvalue weighted by Crippen LogP contribution is 2.13. The summed E-state index contributed by atoms with van der Waals surface area (Å²) in [6.07, 6.45) is 0.0638. The number of hydrogen-bond donors (Lipinski definition) is 2. The van der Waals surface area contributed by atoms with Crippen molar-refractivity contribution in [2.24, 2.45) is 0 Å². The van der Waals surface area contributed by atoms with E-state index < -0.39 is 23.9 Å². The number of hydrogen-bond acceptors (Lipinski definition) is 6. The molecular weight excluding hydrogens is 372 g/mol. The van der Waals surface area contributed by atoms with Crippen molar-refractivity contribution in [1.29, 1.82) is 5.26 Å². The Morgan fingerprint density at radius 2 is 1.89 bits per heavy atom. The van der Waals surface area contributed by atoms with E-state index in [1.54, 1.807) is 12.1 Å². The molecule has 1 aromatic carbocycles. The van der Waals surface area contributed by atoms with Gasteiger partial charge in [0.05, 0.1) is 16.7 Å². The lowest BCUT2D eigenvalue weighted by Gasteiger charge is -2.13. The van der Waals surface area contributed by atoms with E-state index in [1.807, 2.05) is 0 Å². The summed E-state index contributed by atoms with van der Waals surface area (Å²) < 4.78 is 5.12. The molecule has 2 rings (SSSR count). The summed E-state index contributed by atoms with van der Waals surface area (Å²) in [6, 6.07) is 10.7. The van der Waals surface area contributed by atoms with Crippen molar-refractivity contribution in [3.05, 3.63) is 53.2 Å². The van der Waals surface area contributed by atoms with Gasteiger partial charge < -0.3 is 15.4 Å². The second-order valence-electron chi connectivity index (χ2n) is 5.36.